The van der Waals surface area contributed by atoms with Crippen molar-refractivity contribution in [1.29, 1.82) is 0 Å². The molecule has 41 heavy (non-hydrogen) atoms. The average Bonchev–Trinajstić information content (AvgIpc) is 3.30. The highest BCUT2D eigenvalue weighted by molar-refractivity contribution is 7.90. The van der Waals surface area contributed by atoms with E-state index in [1.165, 1.54) is 6.07 Å². The predicted molar refractivity (Wildman–Crippen MR) is 153 cm³/mol. The number of sulfonamides is 1. The van der Waals surface area contributed by atoms with Crippen LogP contribution < -0.4 is 10.0 Å². The first-order valence-corrected chi connectivity index (χ1v) is 14.9. The van der Waals surface area contributed by atoms with Gasteiger partial charge in [-0.3, -0.25) is 24.3 Å². The highest BCUT2D eigenvalue weighted by atomic mass is 32.2. The van der Waals surface area contributed by atoms with Crippen molar-refractivity contribution in [2.75, 3.05) is 6.54 Å². The van der Waals surface area contributed by atoms with Crippen LogP contribution >= 0.6 is 0 Å². The van der Waals surface area contributed by atoms with Crippen LogP contribution in [0.3, 0.4) is 0 Å². The Morgan fingerprint density at radius 3 is 2.41 bits per heavy atom. The summed E-state index contributed by atoms with van der Waals surface area (Å²) in [5.74, 6) is -0.829. The summed E-state index contributed by atoms with van der Waals surface area (Å²) in [6, 6.07) is 15.1. The Morgan fingerprint density at radius 1 is 1.12 bits per heavy atom. The molecule has 0 saturated heterocycles. The number of benzene rings is 2. The second-order valence-corrected chi connectivity index (χ2v) is 12.0. The fraction of sp³-hybridized carbons (Fsp3) is 0.379. The van der Waals surface area contributed by atoms with Crippen molar-refractivity contribution < 1.29 is 28.0 Å². The van der Waals surface area contributed by atoms with Gasteiger partial charge in [0.15, 0.2) is 0 Å². The van der Waals surface area contributed by atoms with Gasteiger partial charge in [-0.25, -0.2) is 18.2 Å². The van der Waals surface area contributed by atoms with E-state index in [9.17, 15) is 28.0 Å². The molecule has 3 amide bonds. The Kier molecular flexibility index (Phi) is 10.8. The monoisotopic (exact) mass is 583 g/mol. The maximum atomic E-state index is 13.1. The van der Waals surface area contributed by atoms with Gasteiger partial charge >= 0.3 is 0 Å². The quantitative estimate of drug-likeness (QED) is 0.150. The molecule has 0 aliphatic carbocycles. The van der Waals surface area contributed by atoms with Crippen molar-refractivity contribution in [3.8, 4) is 11.1 Å². The van der Waals surface area contributed by atoms with E-state index in [1.54, 1.807) is 41.1 Å². The number of aromatic nitrogens is 2. The van der Waals surface area contributed by atoms with Gasteiger partial charge in [-0.05, 0) is 42.0 Å². The second-order valence-electron chi connectivity index (χ2n) is 10.3. The summed E-state index contributed by atoms with van der Waals surface area (Å²) in [6.45, 7) is 7.51. The smallest absolute Gasteiger partial charge is 0.272 e. The first-order chi connectivity index (χ1) is 19.4. The molecule has 12 heteroatoms. The van der Waals surface area contributed by atoms with Gasteiger partial charge < -0.3 is 5.32 Å². The van der Waals surface area contributed by atoms with Gasteiger partial charge in [0, 0.05) is 24.2 Å². The van der Waals surface area contributed by atoms with Crippen molar-refractivity contribution in [1.82, 2.24) is 24.9 Å². The number of aryl methyl sites for hydroxylation is 1. The third-order valence-electron chi connectivity index (χ3n) is 6.27. The number of hydroxylamine groups is 2. The maximum absolute atomic E-state index is 13.1. The van der Waals surface area contributed by atoms with Gasteiger partial charge in [-0.15, -0.1) is 0 Å². The van der Waals surface area contributed by atoms with E-state index in [0.29, 0.717) is 42.0 Å². The molecule has 0 radical (unpaired) electrons. The van der Waals surface area contributed by atoms with Crippen molar-refractivity contribution >= 4 is 28.2 Å². The van der Waals surface area contributed by atoms with Gasteiger partial charge in [-0.1, -0.05) is 69.7 Å². The van der Waals surface area contributed by atoms with Gasteiger partial charge in [-0.2, -0.15) is 5.10 Å². The molecular formula is C29H37N5O6S. The van der Waals surface area contributed by atoms with Crippen LogP contribution in [0.5, 0.6) is 0 Å². The van der Waals surface area contributed by atoms with E-state index < -0.39 is 27.9 Å². The Labute approximate surface area is 240 Å². The van der Waals surface area contributed by atoms with Crippen LogP contribution in [0.2, 0.25) is 0 Å². The Hall–Kier alpha value is -4.03. The molecule has 0 bridgehead atoms. The zero-order valence-electron chi connectivity index (χ0n) is 23.7. The molecule has 2 aromatic carbocycles. The summed E-state index contributed by atoms with van der Waals surface area (Å²) in [5.41, 5.74) is 3.14. The first-order valence-electron chi connectivity index (χ1n) is 13.4. The number of nitrogens with one attached hydrogen (secondary N) is 2. The minimum atomic E-state index is -4.02. The molecular weight excluding hydrogens is 546 g/mol. The zero-order valence-corrected chi connectivity index (χ0v) is 24.5. The molecule has 11 nitrogen and oxygen atoms in total. The largest absolute Gasteiger partial charge is 0.346 e. The van der Waals surface area contributed by atoms with Crippen LogP contribution in [0.4, 0.5) is 0 Å². The standard InChI is InChI=1S/C29H37N5O6S/c1-5-8-25-16-27(29(37)30-24(15-20(2)3)18-33(38)19-35)31-34(25)17-22-11-13-23(14-12-22)26-9-6-7-10-28(26)41(39,40)32-21(4)36/h6-7,9-14,16,19-20,24,38H,5,8,15,17-18H2,1-4H3,(H,30,37)(H,32,36)/t24-/m0/s1. The lowest BCUT2D eigenvalue weighted by Gasteiger charge is -2.22. The molecule has 0 spiro atoms. The number of carbonyl (C=O) groups excluding carboxylic acids is 3. The lowest BCUT2D eigenvalue weighted by Crippen LogP contribution is -2.43. The Balaban J connectivity index is 1.83. The van der Waals surface area contributed by atoms with E-state index in [4.69, 9.17) is 0 Å². The summed E-state index contributed by atoms with van der Waals surface area (Å²) in [6.07, 6.45) is 2.43. The Bertz CT molecular complexity index is 1470. The number of carbonyl (C=O) groups is 3. The van der Waals surface area contributed by atoms with Gasteiger partial charge in [0.25, 0.3) is 15.9 Å². The molecule has 0 fully saturated rings. The normalized spacial score (nSPS) is 12.1. The number of nitrogens with zero attached hydrogens (tertiary/aromatic N) is 3. The lowest BCUT2D eigenvalue weighted by atomic mass is 10.0. The number of rotatable bonds is 14. The molecule has 3 rings (SSSR count). The van der Waals surface area contributed by atoms with Crippen LogP contribution in [-0.4, -0.2) is 59.3 Å². The van der Waals surface area contributed by atoms with Crippen LogP contribution in [-0.2, 0) is 32.6 Å². The SMILES string of the molecule is CCCc1cc(C(=O)N[C@@H](CC(C)C)CN(O)C=O)nn1Cc1ccc(-c2ccccc2S(=O)(=O)NC(C)=O)cc1. The van der Waals surface area contributed by atoms with Gasteiger partial charge in [0.1, 0.15) is 5.69 Å². The van der Waals surface area contributed by atoms with Crippen molar-refractivity contribution in [2.45, 2.75) is 64.4 Å². The van der Waals surface area contributed by atoms with Crippen LogP contribution in [0.15, 0.2) is 59.5 Å². The fourth-order valence-electron chi connectivity index (χ4n) is 4.58. The second kappa shape index (κ2) is 14.0. The van der Waals surface area contributed by atoms with Crippen LogP contribution in [0, 0.1) is 5.92 Å². The summed E-state index contributed by atoms with van der Waals surface area (Å²) in [7, 11) is -4.02. The van der Waals surface area contributed by atoms with E-state index in [0.717, 1.165) is 24.6 Å². The molecule has 3 N–H and O–H groups in total. The van der Waals surface area contributed by atoms with E-state index in [-0.39, 0.29) is 23.1 Å². The highest BCUT2D eigenvalue weighted by Gasteiger charge is 2.22. The predicted octanol–water partition coefficient (Wildman–Crippen LogP) is 3.37. The molecule has 1 heterocycles. The van der Waals surface area contributed by atoms with Crippen molar-refractivity contribution in [3.63, 3.8) is 0 Å². The topological polar surface area (TPSA) is 151 Å². The Morgan fingerprint density at radius 2 is 1.80 bits per heavy atom. The molecule has 0 unspecified atom stereocenters. The number of amides is 3. The minimum Gasteiger partial charge on any atom is -0.346 e. The summed E-state index contributed by atoms with van der Waals surface area (Å²) >= 11 is 0. The highest BCUT2D eigenvalue weighted by Crippen LogP contribution is 2.27. The van der Waals surface area contributed by atoms with Crippen LogP contribution in [0.25, 0.3) is 11.1 Å². The van der Waals surface area contributed by atoms with Gasteiger partial charge in [0.05, 0.1) is 18.0 Å². The third kappa shape index (κ3) is 8.73. The molecule has 0 aliphatic rings. The van der Waals surface area contributed by atoms with Gasteiger partial charge in [0.2, 0.25) is 12.3 Å². The van der Waals surface area contributed by atoms with E-state index in [2.05, 4.69) is 10.4 Å². The fourth-order valence-corrected chi connectivity index (χ4v) is 5.80. The van der Waals surface area contributed by atoms with Crippen molar-refractivity contribution in [3.05, 3.63) is 71.5 Å². The average molecular weight is 584 g/mol. The number of hydrogen-bond donors (Lipinski definition) is 3. The number of hydrogen-bond acceptors (Lipinski definition) is 7. The first kappa shape index (κ1) is 31.5. The lowest BCUT2D eigenvalue weighted by molar-refractivity contribution is -0.151. The molecule has 0 saturated carbocycles. The maximum Gasteiger partial charge on any atom is 0.272 e. The molecule has 1 aromatic heterocycles. The molecule has 1 atom stereocenters. The summed E-state index contributed by atoms with van der Waals surface area (Å²) in [4.78, 5) is 35.4. The minimum absolute atomic E-state index is 0.00384. The molecule has 0 aliphatic heterocycles. The van der Waals surface area contributed by atoms with E-state index in [1.807, 2.05) is 37.6 Å². The molecule has 3 aromatic rings. The molecule has 220 valence electrons. The van der Waals surface area contributed by atoms with E-state index >= 15 is 0 Å². The summed E-state index contributed by atoms with van der Waals surface area (Å²) in [5, 5.41) is 17.6. The third-order valence-corrected chi connectivity index (χ3v) is 7.77. The van der Waals surface area contributed by atoms with Crippen molar-refractivity contribution in [2.24, 2.45) is 5.92 Å². The summed E-state index contributed by atoms with van der Waals surface area (Å²) < 4.78 is 29.1. The zero-order chi connectivity index (χ0) is 30.2. The van der Waals surface area contributed by atoms with Crippen LogP contribution in [0.1, 0.15) is 62.3 Å².